The normalized spacial score (nSPS) is 11.0. The SMILES string of the molecule is c1ccc(-c2cc(-c3cnc4cc(-c5ccncc5)cnn34)ccn2)cc1. The van der Waals surface area contributed by atoms with Crippen LogP contribution >= 0.6 is 0 Å². The standard InChI is InChI=1S/C22H15N5/c1-2-4-17(5-3-1)20-12-18(8-11-24-20)21-15-25-22-13-19(14-26-27(21)22)16-6-9-23-10-7-16/h1-15H. The second-order valence-electron chi connectivity index (χ2n) is 6.19. The van der Waals surface area contributed by atoms with E-state index in [1.165, 1.54) is 0 Å². The fourth-order valence-electron chi connectivity index (χ4n) is 3.13. The van der Waals surface area contributed by atoms with Crippen LogP contribution in [0.2, 0.25) is 0 Å². The van der Waals surface area contributed by atoms with Crippen molar-refractivity contribution in [3.8, 4) is 33.6 Å². The van der Waals surface area contributed by atoms with Gasteiger partial charge in [0, 0.05) is 35.3 Å². The molecule has 0 bridgehead atoms. The van der Waals surface area contributed by atoms with Crippen molar-refractivity contribution in [2.75, 3.05) is 0 Å². The average molecular weight is 349 g/mol. The van der Waals surface area contributed by atoms with Gasteiger partial charge in [-0.15, -0.1) is 0 Å². The van der Waals surface area contributed by atoms with Gasteiger partial charge < -0.3 is 0 Å². The molecule has 0 saturated carbocycles. The van der Waals surface area contributed by atoms with Gasteiger partial charge >= 0.3 is 0 Å². The van der Waals surface area contributed by atoms with E-state index in [1.54, 1.807) is 12.4 Å². The third kappa shape index (κ3) is 2.85. The molecule has 5 aromatic rings. The Hall–Kier alpha value is -3.86. The monoisotopic (exact) mass is 349 g/mol. The van der Waals surface area contributed by atoms with Gasteiger partial charge in [0.25, 0.3) is 0 Å². The summed E-state index contributed by atoms with van der Waals surface area (Å²) in [5.41, 5.74) is 6.86. The number of nitrogens with zero attached hydrogens (tertiary/aromatic N) is 5. The molecule has 128 valence electrons. The zero-order chi connectivity index (χ0) is 18.1. The summed E-state index contributed by atoms with van der Waals surface area (Å²) in [5, 5.41) is 4.61. The molecule has 27 heavy (non-hydrogen) atoms. The van der Waals surface area contributed by atoms with Crippen molar-refractivity contribution in [3.63, 3.8) is 0 Å². The number of benzene rings is 1. The fraction of sp³-hybridized carbons (Fsp3) is 0. The maximum Gasteiger partial charge on any atom is 0.154 e. The summed E-state index contributed by atoms with van der Waals surface area (Å²) in [4.78, 5) is 13.1. The molecule has 5 nitrogen and oxygen atoms in total. The highest BCUT2D eigenvalue weighted by Gasteiger charge is 2.10. The van der Waals surface area contributed by atoms with Crippen LogP contribution in [0.3, 0.4) is 0 Å². The van der Waals surface area contributed by atoms with Crippen molar-refractivity contribution >= 4 is 5.65 Å². The highest BCUT2D eigenvalue weighted by molar-refractivity contribution is 5.72. The molecule has 0 atom stereocenters. The van der Waals surface area contributed by atoms with Crippen molar-refractivity contribution in [2.45, 2.75) is 0 Å². The second kappa shape index (κ2) is 6.46. The van der Waals surface area contributed by atoms with Gasteiger partial charge in [0.2, 0.25) is 0 Å². The van der Waals surface area contributed by atoms with E-state index in [-0.39, 0.29) is 0 Å². The summed E-state index contributed by atoms with van der Waals surface area (Å²) in [6.45, 7) is 0. The first-order valence-electron chi connectivity index (χ1n) is 8.64. The smallest absolute Gasteiger partial charge is 0.154 e. The van der Waals surface area contributed by atoms with Crippen LogP contribution in [0.15, 0.2) is 91.6 Å². The predicted octanol–water partition coefficient (Wildman–Crippen LogP) is 4.52. The lowest BCUT2D eigenvalue weighted by atomic mass is 10.1. The highest BCUT2D eigenvalue weighted by Crippen LogP contribution is 2.26. The third-order valence-electron chi connectivity index (χ3n) is 4.50. The van der Waals surface area contributed by atoms with Crippen LogP contribution in [0.4, 0.5) is 0 Å². The summed E-state index contributed by atoms with van der Waals surface area (Å²) in [5.74, 6) is 0. The van der Waals surface area contributed by atoms with Gasteiger partial charge in [-0.3, -0.25) is 9.97 Å². The molecule has 0 aliphatic rings. The molecule has 0 N–H and O–H groups in total. The van der Waals surface area contributed by atoms with Gasteiger partial charge in [0.05, 0.1) is 23.8 Å². The van der Waals surface area contributed by atoms with E-state index in [0.29, 0.717) is 0 Å². The molecule has 1 aromatic carbocycles. The molecule has 0 spiro atoms. The minimum Gasteiger partial charge on any atom is -0.265 e. The summed E-state index contributed by atoms with van der Waals surface area (Å²) < 4.78 is 1.86. The van der Waals surface area contributed by atoms with E-state index >= 15 is 0 Å². The molecule has 0 aliphatic heterocycles. The molecular formula is C22H15N5. The van der Waals surface area contributed by atoms with E-state index in [9.17, 15) is 0 Å². The molecule has 0 amide bonds. The predicted molar refractivity (Wildman–Crippen MR) is 105 cm³/mol. The Bertz CT molecular complexity index is 1210. The first kappa shape index (κ1) is 15.4. The van der Waals surface area contributed by atoms with Crippen LogP contribution < -0.4 is 0 Å². The van der Waals surface area contributed by atoms with Gasteiger partial charge in [-0.25, -0.2) is 9.50 Å². The lowest BCUT2D eigenvalue weighted by Crippen LogP contribution is -1.95. The minimum atomic E-state index is 0.803. The second-order valence-corrected chi connectivity index (χ2v) is 6.19. The molecule has 5 rings (SSSR count). The Morgan fingerprint density at radius 2 is 1.44 bits per heavy atom. The Morgan fingerprint density at radius 3 is 2.30 bits per heavy atom. The fourth-order valence-corrected chi connectivity index (χ4v) is 3.13. The first-order valence-corrected chi connectivity index (χ1v) is 8.64. The van der Waals surface area contributed by atoms with E-state index < -0.39 is 0 Å². The van der Waals surface area contributed by atoms with Crippen LogP contribution in [0.5, 0.6) is 0 Å². The van der Waals surface area contributed by atoms with Crippen LogP contribution in [-0.2, 0) is 0 Å². The number of aromatic nitrogens is 5. The highest BCUT2D eigenvalue weighted by atomic mass is 15.3. The van der Waals surface area contributed by atoms with Gasteiger partial charge in [0.1, 0.15) is 0 Å². The van der Waals surface area contributed by atoms with Crippen LogP contribution in [0, 0.1) is 0 Å². The quantitative estimate of drug-likeness (QED) is 0.480. The minimum absolute atomic E-state index is 0.803. The maximum absolute atomic E-state index is 4.61. The van der Waals surface area contributed by atoms with Crippen molar-refractivity contribution in [2.24, 2.45) is 0 Å². The molecule has 0 unspecified atom stereocenters. The molecule has 4 aromatic heterocycles. The average Bonchev–Trinajstić information content (AvgIpc) is 3.18. The van der Waals surface area contributed by atoms with Crippen LogP contribution in [0.1, 0.15) is 0 Å². The third-order valence-corrected chi connectivity index (χ3v) is 4.50. The van der Waals surface area contributed by atoms with Gasteiger partial charge in [-0.1, -0.05) is 30.3 Å². The lowest BCUT2D eigenvalue weighted by Gasteiger charge is -2.06. The number of pyridine rings is 2. The lowest BCUT2D eigenvalue weighted by molar-refractivity contribution is 0.944. The van der Waals surface area contributed by atoms with Crippen molar-refractivity contribution in [1.82, 2.24) is 24.6 Å². The maximum atomic E-state index is 4.61. The molecule has 0 fully saturated rings. The molecule has 0 aliphatic carbocycles. The van der Waals surface area contributed by atoms with Gasteiger partial charge in [0.15, 0.2) is 5.65 Å². The van der Waals surface area contributed by atoms with E-state index in [0.717, 1.165) is 39.3 Å². The van der Waals surface area contributed by atoms with Crippen LogP contribution in [-0.4, -0.2) is 24.6 Å². The summed E-state index contributed by atoms with van der Waals surface area (Å²) >= 11 is 0. The molecule has 5 heteroatoms. The van der Waals surface area contributed by atoms with E-state index in [2.05, 4.69) is 38.2 Å². The van der Waals surface area contributed by atoms with Gasteiger partial charge in [-0.05, 0) is 35.9 Å². The largest absolute Gasteiger partial charge is 0.265 e. The van der Waals surface area contributed by atoms with E-state index in [4.69, 9.17) is 0 Å². The summed E-state index contributed by atoms with van der Waals surface area (Å²) in [7, 11) is 0. The molecule has 0 radical (unpaired) electrons. The van der Waals surface area contributed by atoms with Crippen LogP contribution in [0.25, 0.3) is 39.3 Å². The number of hydrogen-bond acceptors (Lipinski definition) is 4. The zero-order valence-electron chi connectivity index (χ0n) is 14.4. The Kier molecular flexibility index (Phi) is 3.68. The van der Waals surface area contributed by atoms with Crippen molar-refractivity contribution < 1.29 is 0 Å². The molecular weight excluding hydrogens is 334 g/mol. The Balaban J connectivity index is 1.58. The first-order chi connectivity index (χ1) is 13.4. The molecule has 0 saturated heterocycles. The Labute approximate surface area is 156 Å². The topological polar surface area (TPSA) is 56.0 Å². The summed E-state index contributed by atoms with van der Waals surface area (Å²) in [6, 6.07) is 20.2. The Morgan fingerprint density at radius 1 is 0.630 bits per heavy atom. The summed E-state index contributed by atoms with van der Waals surface area (Å²) in [6.07, 6.45) is 9.08. The number of fused-ring (bicyclic) bond motifs is 1. The van der Waals surface area contributed by atoms with Crippen molar-refractivity contribution in [3.05, 3.63) is 91.6 Å². The number of hydrogen-bond donors (Lipinski definition) is 0. The number of imidazole rings is 1. The zero-order valence-corrected chi connectivity index (χ0v) is 14.4. The number of rotatable bonds is 3. The van der Waals surface area contributed by atoms with E-state index in [1.807, 2.05) is 65.6 Å². The van der Waals surface area contributed by atoms with Gasteiger partial charge in [-0.2, -0.15) is 5.10 Å². The van der Waals surface area contributed by atoms with Crippen molar-refractivity contribution in [1.29, 1.82) is 0 Å². The molecule has 4 heterocycles.